The van der Waals surface area contributed by atoms with E-state index in [0.717, 1.165) is 58.4 Å². The number of piperidine rings is 1. The third kappa shape index (κ3) is 8.93. The standard InChI is InChI=1S/C34H61IN6O5Si2/c1-23(2)48(24(3)4,25(5)6)45-20-27-30(38-31-28(37-27)29(35)39-41(31)22-43-16-17-47(9,10)11)40-14-12-34(13-15-40)21-44-19-26(34)18-33(7,8)46-32(36)42/h23-26H,12-22H2,1-11H3,(H2,36,42)/t26-/m1/s1. The number of amides is 1. The first-order valence-electron chi connectivity index (χ1n) is 17.8. The van der Waals surface area contributed by atoms with Gasteiger partial charge in [0, 0.05) is 33.2 Å². The van der Waals surface area contributed by atoms with Crippen LogP contribution >= 0.6 is 22.6 Å². The zero-order valence-electron chi connectivity index (χ0n) is 31.3. The number of aromatic nitrogens is 4. The Hall–Kier alpha value is -1.34. The molecule has 4 heterocycles. The summed E-state index contributed by atoms with van der Waals surface area (Å²) < 4.78 is 27.5. The van der Waals surface area contributed by atoms with Crippen LogP contribution < -0.4 is 10.6 Å². The number of hydrogen-bond acceptors (Lipinski definition) is 9. The van der Waals surface area contributed by atoms with Gasteiger partial charge in [-0.05, 0) is 84.3 Å². The Morgan fingerprint density at radius 1 is 1.08 bits per heavy atom. The highest BCUT2D eigenvalue weighted by Crippen LogP contribution is 2.48. The van der Waals surface area contributed by atoms with Crippen molar-refractivity contribution in [3.63, 3.8) is 0 Å². The molecule has 2 aliphatic heterocycles. The van der Waals surface area contributed by atoms with Crippen LogP contribution in [0, 0.1) is 15.0 Å². The Kier molecular flexibility index (Phi) is 12.7. The van der Waals surface area contributed by atoms with Gasteiger partial charge in [-0.3, -0.25) is 0 Å². The molecule has 1 spiro atoms. The fourth-order valence-electron chi connectivity index (χ4n) is 8.23. The van der Waals surface area contributed by atoms with E-state index in [2.05, 4.69) is 88.7 Å². The van der Waals surface area contributed by atoms with Crippen molar-refractivity contribution in [1.82, 2.24) is 19.7 Å². The van der Waals surface area contributed by atoms with E-state index < -0.39 is 28.1 Å². The molecular weight excluding hydrogens is 755 g/mol. The van der Waals surface area contributed by atoms with Crippen LogP contribution in [-0.4, -0.2) is 80.7 Å². The van der Waals surface area contributed by atoms with E-state index in [-0.39, 0.29) is 11.3 Å². The second-order valence-corrected chi connectivity index (χ2v) is 29.0. The molecule has 2 fully saturated rings. The monoisotopic (exact) mass is 816 g/mol. The Morgan fingerprint density at radius 2 is 1.71 bits per heavy atom. The van der Waals surface area contributed by atoms with Gasteiger partial charge < -0.3 is 29.3 Å². The maximum atomic E-state index is 11.6. The summed E-state index contributed by atoms with van der Waals surface area (Å²) in [6.45, 7) is 29.4. The van der Waals surface area contributed by atoms with E-state index in [4.69, 9.17) is 39.4 Å². The first kappa shape index (κ1) is 39.4. The molecule has 2 saturated heterocycles. The fraction of sp³-hybridized carbons (Fsp3) is 0.824. The molecule has 14 heteroatoms. The van der Waals surface area contributed by atoms with Crippen molar-refractivity contribution in [3.8, 4) is 0 Å². The van der Waals surface area contributed by atoms with Gasteiger partial charge in [-0.15, -0.1) is 0 Å². The summed E-state index contributed by atoms with van der Waals surface area (Å²) in [4.78, 5) is 24.6. The first-order valence-corrected chi connectivity index (χ1v) is 24.7. The lowest BCUT2D eigenvalue weighted by molar-refractivity contribution is 0.00815. The molecule has 0 aliphatic carbocycles. The molecule has 0 saturated carbocycles. The molecule has 4 rings (SSSR count). The van der Waals surface area contributed by atoms with E-state index in [9.17, 15) is 4.79 Å². The zero-order valence-corrected chi connectivity index (χ0v) is 35.5. The summed E-state index contributed by atoms with van der Waals surface area (Å²) in [6, 6.07) is 1.10. The fourth-order valence-corrected chi connectivity index (χ4v) is 15.0. The minimum Gasteiger partial charge on any atom is -0.444 e. The first-order chi connectivity index (χ1) is 22.3. The molecule has 0 aromatic carbocycles. The molecule has 2 N–H and O–H groups in total. The maximum Gasteiger partial charge on any atom is 0.405 e. The second-order valence-electron chi connectivity index (χ2n) is 16.9. The van der Waals surface area contributed by atoms with Gasteiger partial charge in [0.05, 0.1) is 19.8 Å². The average molecular weight is 817 g/mol. The number of primary amides is 1. The van der Waals surface area contributed by atoms with Crippen molar-refractivity contribution in [1.29, 1.82) is 0 Å². The van der Waals surface area contributed by atoms with Crippen LogP contribution in [0.3, 0.4) is 0 Å². The normalized spacial score (nSPS) is 19.1. The van der Waals surface area contributed by atoms with Gasteiger partial charge in [0.1, 0.15) is 23.5 Å². The Labute approximate surface area is 304 Å². The van der Waals surface area contributed by atoms with Gasteiger partial charge >= 0.3 is 6.09 Å². The quantitative estimate of drug-likeness (QED) is 0.108. The van der Waals surface area contributed by atoms with Crippen molar-refractivity contribution in [3.05, 3.63) is 9.39 Å². The number of ether oxygens (including phenoxy) is 3. The van der Waals surface area contributed by atoms with Gasteiger partial charge in [-0.1, -0.05) is 61.2 Å². The molecule has 0 bridgehead atoms. The summed E-state index contributed by atoms with van der Waals surface area (Å²) in [6.07, 6.45) is 1.87. The molecule has 2 aromatic heterocycles. The average Bonchev–Trinajstić information content (AvgIpc) is 3.48. The number of fused-ring (bicyclic) bond motifs is 1. The largest absolute Gasteiger partial charge is 0.444 e. The molecule has 0 unspecified atom stereocenters. The van der Waals surface area contributed by atoms with E-state index in [0.29, 0.717) is 56.2 Å². The summed E-state index contributed by atoms with van der Waals surface area (Å²) in [7, 11) is -3.36. The number of rotatable bonds is 15. The highest BCUT2D eigenvalue weighted by molar-refractivity contribution is 14.1. The van der Waals surface area contributed by atoms with Gasteiger partial charge in [0.25, 0.3) is 0 Å². The Bertz CT molecular complexity index is 1380. The molecule has 2 aromatic rings. The topological polar surface area (TPSA) is 127 Å². The summed E-state index contributed by atoms with van der Waals surface area (Å²) in [5.74, 6) is 1.15. The van der Waals surface area contributed by atoms with Crippen LogP contribution in [0.5, 0.6) is 0 Å². The molecule has 1 amide bonds. The second kappa shape index (κ2) is 15.5. The number of nitrogens with two attached hydrogens (primary N) is 1. The Balaban J connectivity index is 1.65. The van der Waals surface area contributed by atoms with E-state index in [1.807, 2.05) is 18.5 Å². The minimum atomic E-state index is -2.15. The molecule has 272 valence electrons. The van der Waals surface area contributed by atoms with E-state index in [1.165, 1.54) is 0 Å². The van der Waals surface area contributed by atoms with Crippen LogP contribution in [0.15, 0.2) is 0 Å². The number of carbonyl (C=O) groups is 1. The van der Waals surface area contributed by atoms with Gasteiger partial charge in [0.15, 0.2) is 15.2 Å². The molecule has 2 aliphatic rings. The van der Waals surface area contributed by atoms with Crippen LogP contribution in [0.1, 0.15) is 80.3 Å². The zero-order chi connectivity index (χ0) is 35.7. The number of carbonyl (C=O) groups excluding carboxylic acids is 1. The van der Waals surface area contributed by atoms with Crippen molar-refractivity contribution in [2.45, 2.75) is 136 Å². The molecule has 1 atom stereocenters. The van der Waals surface area contributed by atoms with Crippen molar-refractivity contribution >= 4 is 62.1 Å². The third-order valence-electron chi connectivity index (χ3n) is 10.7. The van der Waals surface area contributed by atoms with Crippen LogP contribution in [-0.2, 0) is 32.0 Å². The van der Waals surface area contributed by atoms with Crippen LogP contribution in [0.25, 0.3) is 11.2 Å². The molecule has 11 nitrogen and oxygen atoms in total. The van der Waals surface area contributed by atoms with Gasteiger partial charge in [0.2, 0.25) is 8.32 Å². The lowest BCUT2D eigenvalue weighted by Gasteiger charge is -2.44. The van der Waals surface area contributed by atoms with Crippen molar-refractivity contribution in [2.75, 3.05) is 37.8 Å². The smallest absolute Gasteiger partial charge is 0.405 e. The van der Waals surface area contributed by atoms with Crippen LogP contribution in [0.2, 0.25) is 42.3 Å². The van der Waals surface area contributed by atoms with E-state index >= 15 is 0 Å². The summed E-state index contributed by atoms with van der Waals surface area (Å²) in [5, 5.41) is 4.82. The van der Waals surface area contributed by atoms with Crippen molar-refractivity contribution < 1.29 is 23.4 Å². The third-order valence-corrected chi connectivity index (χ3v) is 19.2. The highest BCUT2D eigenvalue weighted by Gasteiger charge is 2.49. The van der Waals surface area contributed by atoms with Gasteiger partial charge in [-0.25, -0.2) is 19.4 Å². The molecule has 48 heavy (non-hydrogen) atoms. The highest BCUT2D eigenvalue weighted by atomic mass is 127. The number of anilines is 1. The summed E-state index contributed by atoms with van der Waals surface area (Å²) in [5.41, 5.74) is 8.57. The lowest BCUT2D eigenvalue weighted by Crippen LogP contribution is -2.48. The number of halogens is 1. The molecule has 0 radical (unpaired) electrons. The van der Waals surface area contributed by atoms with Crippen molar-refractivity contribution in [2.24, 2.45) is 17.1 Å². The maximum absolute atomic E-state index is 11.6. The van der Waals surface area contributed by atoms with Gasteiger partial charge in [-0.2, -0.15) is 5.10 Å². The predicted molar refractivity (Wildman–Crippen MR) is 206 cm³/mol. The number of hydrogen-bond donors (Lipinski definition) is 1. The van der Waals surface area contributed by atoms with E-state index in [1.54, 1.807) is 0 Å². The molecular formula is C34H61IN6O5Si2. The van der Waals surface area contributed by atoms with Crippen LogP contribution in [0.4, 0.5) is 10.6 Å². The predicted octanol–water partition coefficient (Wildman–Crippen LogP) is 7.93. The Morgan fingerprint density at radius 3 is 2.27 bits per heavy atom. The summed E-state index contributed by atoms with van der Waals surface area (Å²) >= 11 is 2.27. The minimum absolute atomic E-state index is 0.0132. The lowest BCUT2D eigenvalue weighted by atomic mass is 9.68. The number of nitrogens with zero attached hydrogens (tertiary/aromatic N) is 5. The SMILES string of the molecule is CC(C)[Si](OCc1nc2c(I)nn(COCC[Si](C)(C)C)c2nc1N1CCC2(CC1)COC[C@H]2CC(C)(C)OC(N)=O)(C(C)C)C(C)C.